The molecule has 2 aromatic rings. The smallest absolute Gasteiger partial charge is 0.245 e. The molecule has 1 aromatic carbocycles. The zero-order valence-corrected chi connectivity index (χ0v) is 12.8. The Morgan fingerprint density at radius 2 is 2.00 bits per heavy atom. The highest BCUT2D eigenvalue weighted by Crippen LogP contribution is 2.31. The third kappa shape index (κ3) is 2.25. The predicted molar refractivity (Wildman–Crippen MR) is 75.3 cm³/mol. The maximum Gasteiger partial charge on any atom is 0.245 e. The minimum atomic E-state index is -3.58. The van der Waals surface area contributed by atoms with Crippen LogP contribution in [0.15, 0.2) is 33.8 Å². The lowest BCUT2D eigenvalue weighted by Crippen LogP contribution is -2.22. The van der Waals surface area contributed by atoms with E-state index in [1.165, 1.54) is 20.3 Å². The van der Waals surface area contributed by atoms with Crippen LogP contribution in [-0.4, -0.2) is 31.8 Å². The molecule has 0 amide bonds. The van der Waals surface area contributed by atoms with Crippen LogP contribution in [0.1, 0.15) is 0 Å². The van der Waals surface area contributed by atoms with Crippen molar-refractivity contribution in [2.24, 2.45) is 0 Å². The maximum atomic E-state index is 12.1. The molecule has 4 nitrogen and oxygen atoms in total. The van der Waals surface area contributed by atoms with E-state index in [1.54, 1.807) is 18.2 Å². The number of nitrogens with zero attached hydrogens (tertiary/aromatic N) is 2. The molecule has 0 spiro atoms. The van der Waals surface area contributed by atoms with Gasteiger partial charge in [-0.05, 0) is 12.1 Å². The second kappa shape index (κ2) is 4.77. The molecule has 0 radical (unpaired) electrons. The Morgan fingerprint density at radius 3 is 2.61 bits per heavy atom. The second-order valence-corrected chi connectivity index (χ2v) is 7.30. The normalized spacial score (nSPS) is 12.3. The van der Waals surface area contributed by atoms with Gasteiger partial charge in [0.1, 0.15) is 4.90 Å². The monoisotopic (exact) mass is 348 g/mol. The molecule has 0 unspecified atom stereocenters. The molecule has 1 heterocycles. The fourth-order valence-electron chi connectivity index (χ4n) is 1.49. The molecule has 96 valence electrons. The van der Waals surface area contributed by atoms with Crippen molar-refractivity contribution in [1.82, 2.24) is 9.29 Å². The number of halogens is 2. The van der Waals surface area contributed by atoms with Crippen molar-refractivity contribution in [1.29, 1.82) is 0 Å². The number of benzene rings is 1. The van der Waals surface area contributed by atoms with Crippen LogP contribution in [-0.2, 0) is 10.0 Å². The van der Waals surface area contributed by atoms with Gasteiger partial charge >= 0.3 is 0 Å². The summed E-state index contributed by atoms with van der Waals surface area (Å²) in [5.41, 5.74) is 0.645. The predicted octanol–water partition coefficient (Wildman–Crippen LogP) is 2.90. The van der Waals surface area contributed by atoms with Crippen LogP contribution < -0.4 is 0 Å². The summed E-state index contributed by atoms with van der Waals surface area (Å²) < 4.78 is 26.1. The van der Waals surface area contributed by atoms with E-state index in [0.717, 1.165) is 8.78 Å². The van der Waals surface area contributed by atoms with Crippen molar-refractivity contribution >= 4 is 48.5 Å². The van der Waals surface area contributed by atoms with E-state index >= 15 is 0 Å². The summed E-state index contributed by atoms with van der Waals surface area (Å²) in [6.07, 6.45) is 1.28. The zero-order valence-electron chi connectivity index (χ0n) is 9.68. The summed E-state index contributed by atoms with van der Waals surface area (Å²) in [6.45, 7) is 0. The average Bonchev–Trinajstić information content (AvgIpc) is 2.28. The molecular weight excluding hydrogens is 340 g/mol. The Hall–Kier alpha value is -0.690. The van der Waals surface area contributed by atoms with E-state index in [2.05, 4.69) is 20.9 Å². The molecule has 0 saturated carbocycles. The molecule has 0 aliphatic heterocycles. The third-order valence-corrected chi connectivity index (χ3v) is 5.33. The molecule has 0 saturated heterocycles. The lowest BCUT2D eigenvalue weighted by molar-refractivity contribution is 0.520. The Bertz CT molecular complexity index is 716. The zero-order chi connectivity index (χ0) is 13.5. The minimum Gasteiger partial charge on any atom is -0.255 e. The maximum absolute atomic E-state index is 12.1. The van der Waals surface area contributed by atoms with Crippen LogP contribution in [0.4, 0.5) is 0 Å². The quantitative estimate of drug-likeness (QED) is 0.837. The van der Waals surface area contributed by atoms with Crippen LogP contribution in [0.5, 0.6) is 0 Å². The lowest BCUT2D eigenvalue weighted by Gasteiger charge is -2.13. The number of hydrogen-bond donors (Lipinski definition) is 0. The largest absolute Gasteiger partial charge is 0.255 e. The second-order valence-electron chi connectivity index (χ2n) is 3.89. The van der Waals surface area contributed by atoms with Crippen LogP contribution in [0.3, 0.4) is 0 Å². The van der Waals surface area contributed by atoms with E-state index < -0.39 is 10.0 Å². The van der Waals surface area contributed by atoms with Gasteiger partial charge in [-0.3, -0.25) is 4.98 Å². The van der Waals surface area contributed by atoms with Crippen LogP contribution >= 0.6 is 27.5 Å². The summed E-state index contributed by atoms with van der Waals surface area (Å²) in [7, 11) is -0.670. The van der Waals surface area contributed by atoms with Gasteiger partial charge < -0.3 is 0 Å². The average molecular weight is 350 g/mol. The summed E-state index contributed by atoms with van der Waals surface area (Å²) >= 11 is 9.49. The van der Waals surface area contributed by atoms with Crippen molar-refractivity contribution in [3.63, 3.8) is 0 Å². The number of aromatic nitrogens is 1. The molecule has 1 aromatic heterocycles. The summed E-state index contributed by atoms with van der Waals surface area (Å²) in [4.78, 5) is 4.15. The highest BCUT2D eigenvalue weighted by Gasteiger charge is 2.22. The number of sulfonamides is 1. The molecule has 7 heteroatoms. The Labute approximate surface area is 119 Å². The van der Waals surface area contributed by atoms with Crippen molar-refractivity contribution < 1.29 is 8.42 Å². The van der Waals surface area contributed by atoms with E-state index in [-0.39, 0.29) is 9.92 Å². The number of fused-ring (bicyclic) bond motifs is 1. The summed E-state index contributed by atoms with van der Waals surface area (Å²) in [5, 5.41) is 0.809. The minimum absolute atomic E-state index is 0.0176. The van der Waals surface area contributed by atoms with E-state index in [1.807, 2.05) is 0 Å². The molecule has 0 aliphatic rings. The van der Waals surface area contributed by atoms with Crippen LogP contribution in [0.2, 0.25) is 5.02 Å². The van der Waals surface area contributed by atoms with Crippen molar-refractivity contribution in [2.45, 2.75) is 4.90 Å². The van der Waals surface area contributed by atoms with E-state index in [0.29, 0.717) is 10.9 Å². The molecule has 0 N–H and O–H groups in total. The Balaban J connectivity index is 2.77. The fraction of sp³-hybridized carbons (Fsp3) is 0.182. The highest BCUT2D eigenvalue weighted by molar-refractivity contribution is 9.10. The number of hydrogen-bond acceptors (Lipinski definition) is 3. The van der Waals surface area contributed by atoms with Crippen molar-refractivity contribution in [3.8, 4) is 0 Å². The fourth-order valence-corrected chi connectivity index (χ4v) is 3.26. The molecule has 0 aliphatic carbocycles. The highest BCUT2D eigenvalue weighted by atomic mass is 79.9. The third-order valence-electron chi connectivity index (χ3n) is 2.49. The Kier molecular flexibility index (Phi) is 3.64. The number of pyridine rings is 1. The first kappa shape index (κ1) is 13.7. The molecule has 0 atom stereocenters. The molecule has 18 heavy (non-hydrogen) atoms. The van der Waals surface area contributed by atoms with E-state index in [9.17, 15) is 8.42 Å². The lowest BCUT2D eigenvalue weighted by atomic mass is 10.2. The topological polar surface area (TPSA) is 50.3 Å². The van der Waals surface area contributed by atoms with Gasteiger partial charge in [0.25, 0.3) is 0 Å². The molecule has 0 bridgehead atoms. The molecule has 2 rings (SSSR count). The van der Waals surface area contributed by atoms with Crippen molar-refractivity contribution in [3.05, 3.63) is 33.9 Å². The van der Waals surface area contributed by atoms with Gasteiger partial charge in [0.15, 0.2) is 0 Å². The van der Waals surface area contributed by atoms with Gasteiger partial charge in [0, 0.05) is 30.2 Å². The van der Waals surface area contributed by atoms with Gasteiger partial charge in [-0.15, -0.1) is 0 Å². The van der Waals surface area contributed by atoms with Crippen molar-refractivity contribution in [2.75, 3.05) is 14.1 Å². The first-order valence-electron chi connectivity index (χ1n) is 5.00. The summed E-state index contributed by atoms with van der Waals surface area (Å²) in [6, 6.07) is 5.32. The SMILES string of the molecule is CN(C)S(=O)(=O)c1cnc2cc(Br)ccc2c1Cl. The van der Waals surface area contributed by atoms with Crippen LogP contribution in [0.25, 0.3) is 10.9 Å². The van der Waals surface area contributed by atoms with Gasteiger partial charge in [0.05, 0.1) is 10.5 Å². The van der Waals surface area contributed by atoms with Gasteiger partial charge in [-0.1, -0.05) is 33.6 Å². The molecule has 0 fully saturated rings. The first-order valence-corrected chi connectivity index (χ1v) is 7.61. The Morgan fingerprint density at radius 1 is 1.33 bits per heavy atom. The van der Waals surface area contributed by atoms with Gasteiger partial charge in [-0.25, -0.2) is 12.7 Å². The summed E-state index contributed by atoms with van der Waals surface area (Å²) in [5.74, 6) is 0. The van der Waals surface area contributed by atoms with Crippen LogP contribution in [0, 0.1) is 0 Å². The van der Waals surface area contributed by atoms with Gasteiger partial charge in [0.2, 0.25) is 10.0 Å². The van der Waals surface area contributed by atoms with E-state index in [4.69, 9.17) is 11.6 Å². The standard InChI is InChI=1S/C11H10BrClN2O2S/c1-15(2)18(16,17)10-6-14-9-5-7(12)3-4-8(9)11(10)13/h3-6H,1-2H3. The molecular formula is C11H10BrClN2O2S. The number of rotatable bonds is 2. The first-order chi connectivity index (χ1) is 8.34. The van der Waals surface area contributed by atoms with Gasteiger partial charge in [-0.2, -0.15) is 0 Å².